The molecule has 2 N–H and O–H groups in total. The number of fused-ring (bicyclic) bond motifs is 1. The molecule has 2 aromatic carbocycles. The third-order valence-electron chi connectivity index (χ3n) is 3.39. The van der Waals surface area contributed by atoms with Gasteiger partial charge in [-0.3, -0.25) is 4.79 Å². The molecule has 0 aliphatic carbocycles. The molecule has 0 unspecified atom stereocenters. The molecular formula is C16H15N3O2. The van der Waals surface area contributed by atoms with Crippen molar-refractivity contribution in [2.75, 3.05) is 7.05 Å². The Balaban J connectivity index is 1.91. The molecule has 1 aromatic heterocycles. The van der Waals surface area contributed by atoms with Gasteiger partial charge in [0.05, 0.1) is 16.6 Å². The van der Waals surface area contributed by atoms with E-state index in [1.165, 1.54) is 0 Å². The minimum Gasteiger partial charge on any atom is -0.337 e. The average molecular weight is 281 g/mol. The van der Waals surface area contributed by atoms with E-state index in [2.05, 4.69) is 9.97 Å². The summed E-state index contributed by atoms with van der Waals surface area (Å²) in [6.45, 7) is 0.519. The van der Waals surface area contributed by atoms with Gasteiger partial charge in [0.2, 0.25) is 0 Å². The zero-order valence-electron chi connectivity index (χ0n) is 11.6. The lowest BCUT2D eigenvalue weighted by Gasteiger charge is -2.17. The van der Waals surface area contributed by atoms with Crippen LogP contribution in [-0.2, 0) is 6.54 Å². The highest BCUT2D eigenvalue weighted by Gasteiger charge is 2.16. The molecule has 0 aliphatic rings. The highest BCUT2D eigenvalue weighted by Crippen LogP contribution is 2.16. The third-order valence-corrected chi connectivity index (χ3v) is 3.39. The SMILES string of the molecule is CN(Cc1ccccc1)C(=O)c1cccc2[nH]c(=O)[nH]c12. The number of nitrogens with zero attached hydrogens (tertiary/aromatic N) is 1. The predicted octanol–water partition coefficient (Wildman–Crippen LogP) is 2.13. The number of para-hydroxylation sites is 1. The summed E-state index contributed by atoms with van der Waals surface area (Å²) in [5.74, 6) is -0.125. The fraction of sp³-hybridized carbons (Fsp3) is 0.125. The molecular weight excluding hydrogens is 266 g/mol. The van der Waals surface area contributed by atoms with Gasteiger partial charge in [-0.2, -0.15) is 0 Å². The van der Waals surface area contributed by atoms with Gasteiger partial charge in [0, 0.05) is 13.6 Å². The first kappa shape index (κ1) is 13.2. The number of aromatic nitrogens is 2. The van der Waals surface area contributed by atoms with Crippen molar-refractivity contribution in [3.63, 3.8) is 0 Å². The molecule has 3 rings (SSSR count). The van der Waals surface area contributed by atoms with Crippen molar-refractivity contribution in [3.05, 3.63) is 70.1 Å². The van der Waals surface area contributed by atoms with Crippen LogP contribution in [0.25, 0.3) is 11.0 Å². The first-order chi connectivity index (χ1) is 10.1. The van der Waals surface area contributed by atoms with Crippen LogP contribution in [0.3, 0.4) is 0 Å². The monoisotopic (exact) mass is 281 g/mol. The first-order valence-electron chi connectivity index (χ1n) is 6.65. The van der Waals surface area contributed by atoms with E-state index in [1.807, 2.05) is 30.3 Å². The fourth-order valence-electron chi connectivity index (χ4n) is 2.37. The van der Waals surface area contributed by atoms with Crippen LogP contribution in [-0.4, -0.2) is 27.8 Å². The van der Waals surface area contributed by atoms with Crippen LogP contribution in [0, 0.1) is 0 Å². The van der Waals surface area contributed by atoms with E-state index in [-0.39, 0.29) is 11.6 Å². The summed E-state index contributed by atoms with van der Waals surface area (Å²) in [7, 11) is 1.75. The topological polar surface area (TPSA) is 69.0 Å². The van der Waals surface area contributed by atoms with Gasteiger partial charge in [-0.1, -0.05) is 36.4 Å². The molecule has 21 heavy (non-hydrogen) atoms. The lowest BCUT2D eigenvalue weighted by molar-refractivity contribution is 0.0787. The Morgan fingerprint density at radius 1 is 1.05 bits per heavy atom. The second-order valence-corrected chi connectivity index (χ2v) is 4.95. The van der Waals surface area contributed by atoms with Crippen LogP contribution >= 0.6 is 0 Å². The maximum atomic E-state index is 12.6. The molecule has 106 valence electrons. The van der Waals surface area contributed by atoms with Crippen LogP contribution in [0.1, 0.15) is 15.9 Å². The Bertz CT molecular complexity index is 833. The molecule has 1 amide bonds. The predicted molar refractivity (Wildman–Crippen MR) is 81.2 cm³/mol. The quantitative estimate of drug-likeness (QED) is 0.772. The number of carbonyl (C=O) groups excluding carboxylic acids is 1. The summed E-state index contributed by atoms with van der Waals surface area (Å²) < 4.78 is 0. The Hall–Kier alpha value is -2.82. The van der Waals surface area contributed by atoms with E-state index >= 15 is 0 Å². The van der Waals surface area contributed by atoms with Crippen molar-refractivity contribution in [3.8, 4) is 0 Å². The van der Waals surface area contributed by atoms with Gasteiger partial charge in [-0.25, -0.2) is 4.79 Å². The van der Waals surface area contributed by atoms with E-state index in [9.17, 15) is 9.59 Å². The van der Waals surface area contributed by atoms with E-state index < -0.39 is 0 Å². The number of imidazole rings is 1. The summed E-state index contributed by atoms with van der Waals surface area (Å²) in [5.41, 5.74) is 2.43. The van der Waals surface area contributed by atoms with Gasteiger partial charge in [0.1, 0.15) is 0 Å². The second-order valence-electron chi connectivity index (χ2n) is 4.95. The Morgan fingerprint density at radius 2 is 1.81 bits per heavy atom. The molecule has 0 saturated carbocycles. The summed E-state index contributed by atoms with van der Waals surface area (Å²) in [6, 6.07) is 15.0. The second kappa shape index (κ2) is 5.28. The van der Waals surface area contributed by atoms with E-state index in [0.29, 0.717) is 23.1 Å². The minimum absolute atomic E-state index is 0.125. The number of rotatable bonds is 3. The van der Waals surface area contributed by atoms with Crippen LogP contribution in [0.4, 0.5) is 0 Å². The maximum absolute atomic E-state index is 12.6. The maximum Gasteiger partial charge on any atom is 0.323 e. The molecule has 5 nitrogen and oxygen atoms in total. The van der Waals surface area contributed by atoms with Crippen molar-refractivity contribution in [2.24, 2.45) is 0 Å². The molecule has 3 aromatic rings. The smallest absolute Gasteiger partial charge is 0.323 e. The van der Waals surface area contributed by atoms with Crippen LogP contribution in [0.5, 0.6) is 0 Å². The van der Waals surface area contributed by atoms with Crippen molar-refractivity contribution in [1.82, 2.24) is 14.9 Å². The molecule has 5 heteroatoms. The van der Waals surface area contributed by atoms with Crippen LogP contribution in [0.15, 0.2) is 53.3 Å². The van der Waals surface area contributed by atoms with Crippen LogP contribution in [0.2, 0.25) is 0 Å². The minimum atomic E-state index is -0.309. The summed E-state index contributed by atoms with van der Waals surface area (Å²) in [6.07, 6.45) is 0. The van der Waals surface area contributed by atoms with Crippen molar-refractivity contribution in [1.29, 1.82) is 0 Å². The summed E-state index contributed by atoms with van der Waals surface area (Å²) in [5, 5.41) is 0. The normalized spacial score (nSPS) is 10.7. The average Bonchev–Trinajstić information content (AvgIpc) is 2.87. The molecule has 0 saturated heterocycles. The molecule has 1 heterocycles. The molecule has 0 atom stereocenters. The zero-order valence-corrected chi connectivity index (χ0v) is 11.6. The third kappa shape index (κ3) is 2.58. The highest BCUT2D eigenvalue weighted by atomic mass is 16.2. The van der Waals surface area contributed by atoms with Crippen molar-refractivity contribution < 1.29 is 4.79 Å². The number of aromatic amines is 2. The van der Waals surface area contributed by atoms with Crippen molar-refractivity contribution in [2.45, 2.75) is 6.54 Å². The largest absolute Gasteiger partial charge is 0.337 e. The highest BCUT2D eigenvalue weighted by molar-refractivity contribution is 6.04. The summed E-state index contributed by atoms with van der Waals surface area (Å²) >= 11 is 0. The van der Waals surface area contributed by atoms with Gasteiger partial charge >= 0.3 is 5.69 Å². The number of benzene rings is 2. The van der Waals surface area contributed by atoms with Gasteiger partial charge in [0.25, 0.3) is 5.91 Å². The van der Waals surface area contributed by atoms with Crippen molar-refractivity contribution >= 4 is 16.9 Å². The Kier molecular flexibility index (Phi) is 3.31. The number of carbonyl (C=O) groups is 1. The molecule has 0 bridgehead atoms. The number of hydrogen-bond acceptors (Lipinski definition) is 2. The number of amides is 1. The first-order valence-corrected chi connectivity index (χ1v) is 6.65. The zero-order chi connectivity index (χ0) is 14.8. The molecule has 0 fully saturated rings. The fourth-order valence-corrected chi connectivity index (χ4v) is 2.37. The number of nitrogens with one attached hydrogen (secondary N) is 2. The van der Waals surface area contributed by atoms with E-state index in [4.69, 9.17) is 0 Å². The Labute approximate surface area is 121 Å². The van der Waals surface area contributed by atoms with E-state index in [1.54, 1.807) is 30.1 Å². The summed E-state index contributed by atoms with van der Waals surface area (Å²) in [4.78, 5) is 30.9. The van der Waals surface area contributed by atoms with E-state index in [0.717, 1.165) is 5.56 Å². The van der Waals surface area contributed by atoms with Crippen LogP contribution < -0.4 is 5.69 Å². The lowest BCUT2D eigenvalue weighted by Crippen LogP contribution is -2.26. The number of hydrogen-bond donors (Lipinski definition) is 2. The van der Waals surface area contributed by atoms with Gasteiger partial charge in [0.15, 0.2) is 0 Å². The Morgan fingerprint density at radius 3 is 2.57 bits per heavy atom. The van der Waals surface area contributed by atoms with Gasteiger partial charge in [-0.15, -0.1) is 0 Å². The molecule has 0 spiro atoms. The number of H-pyrrole nitrogens is 2. The van der Waals surface area contributed by atoms with Gasteiger partial charge < -0.3 is 14.9 Å². The molecule has 0 aliphatic heterocycles. The lowest BCUT2D eigenvalue weighted by atomic mass is 10.1. The standard InChI is InChI=1S/C16H15N3O2/c1-19(10-11-6-3-2-4-7-11)15(20)12-8-5-9-13-14(12)18-16(21)17-13/h2-9H,10H2,1H3,(H2,17,18,21). The van der Waals surface area contributed by atoms with Gasteiger partial charge in [-0.05, 0) is 17.7 Å². The molecule has 0 radical (unpaired) electrons.